The summed E-state index contributed by atoms with van der Waals surface area (Å²) in [7, 11) is 0. The van der Waals surface area contributed by atoms with E-state index in [4.69, 9.17) is 10.5 Å². The molecule has 0 spiro atoms. The highest BCUT2D eigenvalue weighted by Crippen LogP contribution is 2.24. The Bertz CT molecular complexity index is 731. The molecule has 0 aromatic heterocycles. The summed E-state index contributed by atoms with van der Waals surface area (Å²) in [5.41, 5.74) is 6.83. The molecule has 0 aliphatic carbocycles. The summed E-state index contributed by atoms with van der Waals surface area (Å²) in [4.78, 5) is 14.2. The molecular formula is C19H20F2N2O2. The Morgan fingerprint density at radius 3 is 2.44 bits per heavy atom. The van der Waals surface area contributed by atoms with E-state index in [1.54, 1.807) is 4.90 Å². The van der Waals surface area contributed by atoms with Crippen LogP contribution < -0.4 is 10.5 Å². The lowest BCUT2D eigenvalue weighted by Crippen LogP contribution is -2.45. The molecule has 3 rings (SSSR count). The molecule has 2 aromatic carbocycles. The first-order chi connectivity index (χ1) is 12.0. The van der Waals surface area contributed by atoms with Crippen LogP contribution >= 0.6 is 0 Å². The Hall–Kier alpha value is -2.47. The fourth-order valence-corrected chi connectivity index (χ4v) is 2.94. The highest BCUT2D eigenvalue weighted by Gasteiger charge is 2.28. The number of nitrogens with two attached hydrogens (primary N) is 1. The van der Waals surface area contributed by atoms with Gasteiger partial charge in [0.1, 0.15) is 18.0 Å². The summed E-state index contributed by atoms with van der Waals surface area (Å²) >= 11 is 0. The van der Waals surface area contributed by atoms with Gasteiger partial charge >= 0.3 is 0 Å². The van der Waals surface area contributed by atoms with Gasteiger partial charge in [-0.1, -0.05) is 30.3 Å². The lowest BCUT2D eigenvalue weighted by molar-refractivity contribution is -0.134. The summed E-state index contributed by atoms with van der Waals surface area (Å²) in [5.74, 6) is -1.45. The summed E-state index contributed by atoms with van der Waals surface area (Å²) < 4.78 is 32.2. The third-order valence-corrected chi connectivity index (χ3v) is 4.37. The average molecular weight is 346 g/mol. The van der Waals surface area contributed by atoms with Crippen LogP contribution in [0, 0.1) is 11.6 Å². The zero-order valence-electron chi connectivity index (χ0n) is 13.7. The van der Waals surface area contributed by atoms with Gasteiger partial charge in [0.05, 0.1) is 0 Å². The fourth-order valence-electron chi connectivity index (χ4n) is 2.94. The van der Waals surface area contributed by atoms with Gasteiger partial charge in [0.15, 0.2) is 11.6 Å². The van der Waals surface area contributed by atoms with E-state index in [-0.39, 0.29) is 17.8 Å². The number of hydrogen-bond acceptors (Lipinski definition) is 3. The first-order valence-electron chi connectivity index (χ1n) is 8.25. The molecule has 132 valence electrons. The van der Waals surface area contributed by atoms with Gasteiger partial charge in [-0.3, -0.25) is 4.79 Å². The first-order valence-corrected chi connectivity index (χ1v) is 8.25. The van der Waals surface area contributed by atoms with E-state index in [1.807, 2.05) is 30.3 Å². The van der Waals surface area contributed by atoms with Crippen LogP contribution in [-0.4, -0.2) is 30.0 Å². The molecule has 0 saturated carbocycles. The van der Waals surface area contributed by atoms with Crippen molar-refractivity contribution >= 4 is 5.91 Å². The molecule has 1 saturated heterocycles. The predicted octanol–water partition coefficient (Wildman–Crippen LogP) is 3.03. The summed E-state index contributed by atoms with van der Waals surface area (Å²) in [6.07, 6.45) is 0.936. The van der Waals surface area contributed by atoms with E-state index >= 15 is 0 Å². The maximum atomic E-state index is 13.7. The number of ether oxygens (including phenoxy) is 1. The topological polar surface area (TPSA) is 55.6 Å². The lowest BCUT2D eigenvalue weighted by atomic mass is 10.0. The van der Waals surface area contributed by atoms with E-state index in [0.717, 1.165) is 17.7 Å². The Morgan fingerprint density at radius 1 is 1.12 bits per heavy atom. The standard InChI is InChI=1S/C19H20F2N2O2/c20-14-6-7-17(16(21)12-14)25-15-8-10-23(11-9-15)19(24)18(22)13-4-2-1-3-5-13/h1-7,12,15,18H,8-11,22H2/t18-/m1/s1. The third kappa shape index (κ3) is 4.14. The molecule has 1 amide bonds. The largest absolute Gasteiger partial charge is 0.487 e. The molecular weight excluding hydrogens is 326 g/mol. The fraction of sp³-hybridized carbons (Fsp3) is 0.316. The average Bonchev–Trinajstić information content (AvgIpc) is 2.64. The Kier molecular flexibility index (Phi) is 5.28. The third-order valence-electron chi connectivity index (χ3n) is 4.37. The molecule has 6 heteroatoms. The van der Waals surface area contributed by atoms with Crippen molar-refractivity contribution in [2.24, 2.45) is 5.73 Å². The Labute approximate surface area is 145 Å². The minimum absolute atomic E-state index is 0.0344. The Morgan fingerprint density at radius 2 is 1.80 bits per heavy atom. The number of carbonyl (C=O) groups is 1. The monoisotopic (exact) mass is 346 g/mol. The lowest BCUT2D eigenvalue weighted by Gasteiger charge is -2.33. The van der Waals surface area contributed by atoms with Gasteiger partial charge < -0.3 is 15.4 Å². The van der Waals surface area contributed by atoms with Crippen LogP contribution in [0.15, 0.2) is 48.5 Å². The zero-order valence-corrected chi connectivity index (χ0v) is 13.7. The molecule has 2 N–H and O–H groups in total. The van der Waals surface area contributed by atoms with Crippen LogP contribution in [0.1, 0.15) is 24.4 Å². The van der Waals surface area contributed by atoms with Gasteiger partial charge in [-0.15, -0.1) is 0 Å². The van der Waals surface area contributed by atoms with Gasteiger partial charge in [-0.25, -0.2) is 8.78 Å². The van der Waals surface area contributed by atoms with Crippen molar-refractivity contribution in [1.29, 1.82) is 0 Å². The van der Waals surface area contributed by atoms with E-state index < -0.39 is 17.7 Å². The second-order valence-corrected chi connectivity index (χ2v) is 6.11. The van der Waals surface area contributed by atoms with E-state index in [1.165, 1.54) is 6.07 Å². The SMILES string of the molecule is N[C@@H](C(=O)N1CCC(Oc2ccc(F)cc2F)CC1)c1ccccc1. The smallest absolute Gasteiger partial charge is 0.244 e. The first kappa shape index (κ1) is 17.4. The normalized spacial score (nSPS) is 16.5. The summed E-state index contributed by atoms with van der Waals surface area (Å²) in [6, 6.07) is 11.8. The van der Waals surface area contributed by atoms with E-state index in [0.29, 0.717) is 25.9 Å². The maximum Gasteiger partial charge on any atom is 0.244 e. The predicted molar refractivity (Wildman–Crippen MR) is 90.0 cm³/mol. The van der Waals surface area contributed by atoms with Crippen molar-refractivity contribution in [3.63, 3.8) is 0 Å². The van der Waals surface area contributed by atoms with Gasteiger partial charge in [-0.05, 0) is 17.7 Å². The van der Waals surface area contributed by atoms with Crippen LogP contribution in [0.25, 0.3) is 0 Å². The number of hydrogen-bond donors (Lipinski definition) is 1. The molecule has 1 heterocycles. The molecule has 1 aliphatic rings. The molecule has 0 radical (unpaired) electrons. The van der Waals surface area contributed by atoms with Crippen molar-refractivity contribution in [1.82, 2.24) is 4.90 Å². The summed E-state index contributed by atoms with van der Waals surface area (Å²) in [6.45, 7) is 0.986. The van der Waals surface area contributed by atoms with Crippen LogP contribution in [0.2, 0.25) is 0 Å². The highest BCUT2D eigenvalue weighted by atomic mass is 19.1. The van der Waals surface area contributed by atoms with Gasteiger partial charge in [0.2, 0.25) is 5.91 Å². The Balaban J connectivity index is 1.55. The molecule has 0 bridgehead atoms. The van der Waals surface area contributed by atoms with E-state index in [2.05, 4.69) is 0 Å². The molecule has 4 nitrogen and oxygen atoms in total. The number of benzene rings is 2. The maximum absolute atomic E-state index is 13.7. The van der Waals surface area contributed by atoms with Gasteiger partial charge in [0, 0.05) is 32.0 Å². The van der Waals surface area contributed by atoms with Crippen molar-refractivity contribution < 1.29 is 18.3 Å². The number of nitrogens with zero attached hydrogens (tertiary/aromatic N) is 1. The van der Waals surface area contributed by atoms with Crippen molar-refractivity contribution in [2.75, 3.05) is 13.1 Å². The van der Waals surface area contributed by atoms with Gasteiger partial charge in [-0.2, -0.15) is 0 Å². The minimum Gasteiger partial charge on any atom is -0.487 e. The number of likely N-dealkylation sites (tertiary alicyclic amines) is 1. The minimum atomic E-state index is -0.718. The second kappa shape index (κ2) is 7.61. The highest BCUT2D eigenvalue weighted by molar-refractivity contribution is 5.83. The van der Waals surface area contributed by atoms with Crippen molar-refractivity contribution in [3.05, 3.63) is 65.7 Å². The van der Waals surface area contributed by atoms with Crippen LogP contribution in [-0.2, 0) is 4.79 Å². The van der Waals surface area contributed by atoms with Crippen molar-refractivity contribution in [3.8, 4) is 5.75 Å². The number of piperidine rings is 1. The van der Waals surface area contributed by atoms with E-state index in [9.17, 15) is 13.6 Å². The molecule has 1 atom stereocenters. The summed E-state index contributed by atoms with van der Waals surface area (Å²) in [5, 5.41) is 0. The second-order valence-electron chi connectivity index (χ2n) is 6.11. The number of rotatable bonds is 4. The number of halogens is 2. The molecule has 1 aliphatic heterocycles. The van der Waals surface area contributed by atoms with Crippen molar-refractivity contribution in [2.45, 2.75) is 25.0 Å². The molecule has 1 fully saturated rings. The molecule has 25 heavy (non-hydrogen) atoms. The molecule has 0 unspecified atom stereocenters. The number of carbonyl (C=O) groups excluding carboxylic acids is 1. The zero-order chi connectivity index (χ0) is 17.8. The molecule has 2 aromatic rings. The number of amides is 1. The quantitative estimate of drug-likeness (QED) is 0.926. The van der Waals surface area contributed by atoms with Crippen LogP contribution in [0.4, 0.5) is 8.78 Å². The van der Waals surface area contributed by atoms with Crippen LogP contribution in [0.5, 0.6) is 5.75 Å². The van der Waals surface area contributed by atoms with Gasteiger partial charge in [0.25, 0.3) is 0 Å². The van der Waals surface area contributed by atoms with Crippen LogP contribution in [0.3, 0.4) is 0 Å².